The molecule has 3 rings (SSSR count). The monoisotopic (exact) mass is 378 g/mol. The number of aromatic hydroxyl groups is 1. The Kier molecular flexibility index (Phi) is 5.97. The Labute approximate surface area is 164 Å². The molecule has 0 amide bonds. The second kappa shape index (κ2) is 8.41. The Morgan fingerprint density at radius 3 is 2.54 bits per heavy atom. The van der Waals surface area contributed by atoms with Crippen LogP contribution >= 0.6 is 0 Å². The van der Waals surface area contributed by atoms with Gasteiger partial charge in [-0.25, -0.2) is 0 Å². The summed E-state index contributed by atoms with van der Waals surface area (Å²) in [5.74, 6) is -0.856. The minimum atomic E-state index is -1.68. The van der Waals surface area contributed by atoms with E-state index in [1.807, 2.05) is 30.3 Å². The third-order valence-electron chi connectivity index (χ3n) is 4.91. The van der Waals surface area contributed by atoms with Crippen molar-refractivity contribution in [1.29, 1.82) is 0 Å². The number of carbonyl (C=O) groups is 1. The molecule has 3 aromatic rings. The minimum Gasteiger partial charge on any atom is -0.507 e. The van der Waals surface area contributed by atoms with Crippen LogP contribution in [0, 0.1) is 6.92 Å². The van der Waals surface area contributed by atoms with Crippen molar-refractivity contribution < 1.29 is 19.9 Å². The highest BCUT2D eigenvalue weighted by atomic mass is 16.4. The molecular formula is C21H23BN2O4. The van der Waals surface area contributed by atoms with Crippen molar-refractivity contribution in [3.63, 3.8) is 0 Å². The van der Waals surface area contributed by atoms with Crippen molar-refractivity contribution in [2.24, 2.45) is 7.05 Å². The van der Waals surface area contributed by atoms with Crippen molar-refractivity contribution in [2.45, 2.75) is 25.6 Å². The highest BCUT2D eigenvalue weighted by Gasteiger charge is 2.29. The van der Waals surface area contributed by atoms with Gasteiger partial charge in [-0.1, -0.05) is 48.5 Å². The van der Waals surface area contributed by atoms with Gasteiger partial charge in [-0.05, 0) is 30.5 Å². The molecule has 7 heteroatoms. The van der Waals surface area contributed by atoms with Gasteiger partial charge in [0.15, 0.2) is 5.78 Å². The van der Waals surface area contributed by atoms with Crippen molar-refractivity contribution in [3.8, 4) is 17.0 Å². The molecule has 2 aromatic carbocycles. The van der Waals surface area contributed by atoms with E-state index in [2.05, 4.69) is 5.10 Å². The molecule has 0 bridgehead atoms. The van der Waals surface area contributed by atoms with Crippen LogP contribution in [0.4, 0.5) is 0 Å². The Morgan fingerprint density at radius 1 is 1.14 bits per heavy atom. The number of nitrogens with zero attached hydrogens (tertiary/aromatic N) is 2. The van der Waals surface area contributed by atoms with E-state index in [0.717, 1.165) is 5.56 Å². The molecule has 1 aromatic heterocycles. The Balaban J connectivity index is 1.80. The second-order valence-corrected chi connectivity index (χ2v) is 6.99. The van der Waals surface area contributed by atoms with Gasteiger partial charge in [0.1, 0.15) is 11.4 Å². The van der Waals surface area contributed by atoms with Crippen LogP contribution in [0.3, 0.4) is 0 Å². The fourth-order valence-electron chi connectivity index (χ4n) is 3.27. The number of benzene rings is 2. The summed E-state index contributed by atoms with van der Waals surface area (Å²) in [5, 5.41) is 34.1. The molecule has 1 unspecified atom stereocenters. The third-order valence-corrected chi connectivity index (χ3v) is 4.91. The summed E-state index contributed by atoms with van der Waals surface area (Å²) in [7, 11) is 0.0156. The first-order valence-corrected chi connectivity index (χ1v) is 9.13. The number of rotatable bonds is 7. The van der Waals surface area contributed by atoms with Crippen LogP contribution in [0.2, 0.25) is 5.82 Å². The first-order valence-electron chi connectivity index (χ1n) is 9.13. The molecule has 0 aliphatic heterocycles. The van der Waals surface area contributed by atoms with E-state index in [1.165, 1.54) is 4.68 Å². The lowest BCUT2D eigenvalue weighted by Crippen LogP contribution is -2.25. The van der Waals surface area contributed by atoms with E-state index >= 15 is 0 Å². The normalized spacial score (nSPS) is 12.0. The van der Waals surface area contributed by atoms with Gasteiger partial charge in [0.2, 0.25) is 0 Å². The number of phenolic OH excluding ortho intramolecular Hbond substituents is 1. The highest BCUT2D eigenvalue weighted by molar-refractivity contribution is 6.43. The maximum absolute atomic E-state index is 12.8. The third kappa shape index (κ3) is 4.32. The SMILES string of the molecule is Cc1cccc(CC(CC(=O)c2cc(-c3ccccc3)nn2C)B(O)O)c1O. The van der Waals surface area contributed by atoms with Gasteiger partial charge in [0.05, 0.1) is 5.69 Å². The van der Waals surface area contributed by atoms with Gasteiger partial charge >= 0.3 is 7.12 Å². The summed E-state index contributed by atoms with van der Waals surface area (Å²) < 4.78 is 1.51. The number of aryl methyl sites for hydroxylation is 2. The molecule has 144 valence electrons. The zero-order chi connectivity index (χ0) is 20.3. The number of hydrogen-bond donors (Lipinski definition) is 3. The van der Waals surface area contributed by atoms with Crippen LogP contribution < -0.4 is 0 Å². The Bertz CT molecular complexity index is 970. The fraction of sp³-hybridized carbons (Fsp3) is 0.238. The topological polar surface area (TPSA) is 95.6 Å². The molecule has 0 fully saturated rings. The zero-order valence-corrected chi connectivity index (χ0v) is 15.9. The predicted octanol–water partition coefficient (Wildman–Crippen LogP) is 2.76. The van der Waals surface area contributed by atoms with E-state index in [-0.39, 0.29) is 24.4 Å². The van der Waals surface area contributed by atoms with Gasteiger partial charge in [-0.2, -0.15) is 5.10 Å². The van der Waals surface area contributed by atoms with Gasteiger partial charge in [0, 0.05) is 24.8 Å². The molecule has 0 saturated heterocycles. The number of para-hydroxylation sites is 1. The Morgan fingerprint density at radius 2 is 1.86 bits per heavy atom. The van der Waals surface area contributed by atoms with Crippen molar-refractivity contribution >= 4 is 12.9 Å². The summed E-state index contributed by atoms with van der Waals surface area (Å²) in [6, 6.07) is 16.5. The van der Waals surface area contributed by atoms with Gasteiger partial charge < -0.3 is 15.2 Å². The maximum atomic E-state index is 12.8. The number of phenols is 1. The van der Waals surface area contributed by atoms with Crippen LogP contribution in [0.5, 0.6) is 5.75 Å². The van der Waals surface area contributed by atoms with Gasteiger partial charge in [-0.15, -0.1) is 0 Å². The van der Waals surface area contributed by atoms with E-state index in [4.69, 9.17) is 0 Å². The first-order chi connectivity index (χ1) is 13.4. The largest absolute Gasteiger partial charge is 0.507 e. The number of ketones is 1. The average molecular weight is 378 g/mol. The first kappa shape index (κ1) is 19.9. The molecule has 1 heterocycles. The van der Waals surface area contributed by atoms with Crippen LogP contribution in [-0.2, 0) is 13.5 Å². The van der Waals surface area contributed by atoms with E-state index in [9.17, 15) is 19.9 Å². The van der Waals surface area contributed by atoms with E-state index < -0.39 is 12.9 Å². The predicted molar refractivity (Wildman–Crippen MR) is 108 cm³/mol. The summed E-state index contributed by atoms with van der Waals surface area (Å²) in [6.45, 7) is 1.77. The van der Waals surface area contributed by atoms with Crippen LogP contribution in [0.25, 0.3) is 11.3 Å². The quantitative estimate of drug-likeness (QED) is 0.434. The molecule has 0 saturated carbocycles. The molecule has 1 atom stereocenters. The number of carbonyl (C=O) groups excluding carboxylic acids is 1. The van der Waals surface area contributed by atoms with Crippen molar-refractivity contribution in [3.05, 3.63) is 71.4 Å². The van der Waals surface area contributed by atoms with Crippen molar-refractivity contribution in [2.75, 3.05) is 0 Å². The molecule has 6 nitrogen and oxygen atoms in total. The maximum Gasteiger partial charge on any atom is 0.455 e. The van der Waals surface area contributed by atoms with E-state index in [0.29, 0.717) is 22.5 Å². The minimum absolute atomic E-state index is 0.0706. The fourth-order valence-corrected chi connectivity index (χ4v) is 3.27. The lowest BCUT2D eigenvalue weighted by Gasteiger charge is -2.16. The zero-order valence-electron chi connectivity index (χ0n) is 15.9. The summed E-state index contributed by atoms with van der Waals surface area (Å²) in [5.41, 5.74) is 3.28. The Hall–Kier alpha value is -2.90. The van der Waals surface area contributed by atoms with Crippen molar-refractivity contribution in [1.82, 2.24) is 9.78 Å². The lowest BCUT2D eigenvalue weighted by atomic mass is 9.67. The summed E-state index contributed by atoms with van der Waals surface area (Å²) in [6.07, 6.45) is 0.110. The lowest BCUT2D eigenvalue weighted by molar-refractivity contribution is 0.0966. The standard InChI is InChI=1S/C21H23BN2O4/c1-14-7-6-10-16(21(14)26)11-17(22(27)28)12-20(25)19-13-18(23-24(19)2)15-8-4-3-5-9-15/h3-10,13,17,26-28H,11-12H2,1-2H3. The molecule has 3 N–H and O–H groups in total. The van der Waals surface area contributed by atoms with E-state index in [1.54, 1.807) is 38.2 Å². The number of Topliss-reactive ketones (excluding diaryl/α,β-unsaturated/α-hetero) is 1. The second-order valence-electron chi connectivity index (χ2n) is 6.99. The van der Waals surface area contributed by atoms with Gasteiger partial charge in [0.25, 0.3) is 0 Å². The molecule has 28 heavy (non-hydrogen) atoms. The molecular weight excluding hydrogens is 355 g/mol. The van der Waals surface area contributed by atoms with Gasteiger partial charge in [-0.3, -0.25) is 9.48 Å². The highest BCUT2D eigenvalue weighted by Crippen LogP contribution is 2.29. The molecule has 0 aliphatic rings. The average Bonchev–Trinajstić information content (AvgIpc) is 3.07. The summed E-state index contributed by atoms with van der Waals surface area (Å²) in [4.78, 5) is 12.8. The molecule has 0 spiro atoms. The molecule has 0 aliphatic carbocycles. The van der Waals surface area contributed by atoms with Crippen LogP contribution in [0.1, 0.15) is 28.0 Å². The number of hydrogen-bond acceptors (Lipinski definition) is 5. The van der Waals surface area contributed by atoms with Crippen LogP contribution in [0.15, 0.2) is 54.6 Å². The smallest absolute Gasteiger partial charge is 0.455 e. The van der Waals surface area contributed by atoms with Crippen LogP contribution in [-0.4, -0.2) is 37.8 Å². The number of aromatic nitrogens is 2. The summed E-state index contributed by atoms with van der Waals surface area (Å²) >= 11 is 0. The molecule has 0 radical (unpaired) electrons.